The number of likely N-dealkylation sites (tertiary alicyclic amines) is 2. The van der Waals surface area contributed by atoms with Crippen LogP contribution in [0.1, 0.15) is 36.3 Å². The lowest BCUT2D eigenvalue weighted by molar-refractivity contribution is -0.139. The predicted octanol–water partition coefficient (Wildman–Crippen LogP) is 3.57. The zero-order chi connectivity index (χ0) is 18.0. The number of aromatic amines is 1. The first-order chi connectivity index (χ1) is 12.6. The number of nitrogens with zero attached hydrogens (tertiary/aromatic N) is 3. The highest BCUT2D eigenvalue weighted by atomic mass is 35.5. The molecule has 0 saturated carbocycles. The Morgan fingerprint density at radius 1 is 1.27 bits per heavy atom. The number of hydrogen-bond acceptors (Lipinski definition) is 4. The van der Waals surface area contributed by atoms with Gasteiger partial charge in [0, 0.05) is 49.2 Å². The molecule has 140 valence electrons. The second kappa shape index (κ2) is 7.71. The molecule has 4 heterocycles. The fraction of sp³-hybridized carbons (Fsp3) is 0.579. The number of thiophene rings is 1. The Hall–Kier alpha value is -1.37. The lowest BCUT2D eigenvalue weighted by atomic mass is 9.72. The number of imidazole rings is 1. The maximum absolute atomic E-state index is 12.4. The minimum absolute atomic E-state index is 0.311. The molecule has 0 radical (unpaired) electrons. The van der Waals surface area contributed by atoms with Gasteiger partial charge in [0.1, 0.15) is 0 Å². The molecular weight excluding hydrogens is 368 g/mol. The Labute approximate surface area is 163 Å². The Kier molecular flexibility index (Phi) is 5.34. The summed E-state index contributed by atoms with van der Waals surface area (Å²) >= 11 is 7.72. The number of carbonyl (C=O) groups is 1. The number of hydrogen-bond donors (Lipinski definition) is 1. The number of halogens is 1. The second-order valence-corrected chi connectivity index (χ2v) is 9.42. The van der Waals surface area contributed by atoms with Crippen molar-refractivity contribution in [3.05, 3.63) is 39.6 Å². The quantitative estimate of drug-likeness (QED) is 0.846. The van der Waals surface area contributed by atoms with Crippen LogP contribution in [-0.4, -0.2) is 51.9 Å². The van der Waals surface area contributed by atoms with Crippen molar-refractivity contribution in [2.75, 3.05) is 26.2 Å². The third kappa shape index (κ3) is 4.13. The maximum Gasteiger partial charge on any atom is 0.222 e. The van der Waals surface area contributed by atoms with Crippen molar-refractivity contribution in [2.24, 2.45) is 5.41 Å². The van der Waals surface area contributed by atoms with E-state index >= 15 is 0 Å². The van der Waals surface area contributed by atoms with Crippen LogP contribution in [0.25, 0.3) is 0 Å². The molecule has 2 fully saturated rings. The van der Waals surface area contributed by atoms with E-state index in [1.807, 2.05) is 12.3 Å². The average Bonchev–Trinajstić information content (AvgIpc) is 3.30. The largest absolute Gasteiger partial charge is 0.348 e. The van der Waals surface area contributed by atoms with Gasteiger partial charge in [0.05, 0.1) is 10.7 Å². The van der Waals surface area contributed by atoms with Crippen molar-refractivity contribution in [2.45, 2.75) is 38.6 Å². The van der Waals surface area contributed by atoms with Crippen molar-refractivity contribution >= 4 is 28.8 Å². The van der Waals surface area contributed by atoms with E-state index in [4.69, 9.17) is 11.6 Å². The summed E-state index contributed by atoms with van der Waals surface area (Å²) in [6.07, 6.45) is 8.51. The van der Waals surface area contributed by atoms with E-state index in [1.54, 1.807) is 17.7 Å². The van der Waals surface area contributed by atoms with Crippen LogP contribution in [0.15, 0.2) is 24.7 Å². The highest BCUT2D eigenvalue weighted by Crippen LogP contribution is 2.40. The molecule has 1 amide bonds. The van der Waals surface area contributed by atoms with Crippen LogP contribution in [0, 0.1) is 5.41 Å². The van der Waals surface area contributed by atoms with Gasteiger partial charge in [-0.05, 0) is 49.9 Å². The summed E-state index contributed by atoms with van der Waals surface area (Å²) in [4.78, 5) is 25.5. The third-order valence-corrected chi connectivity index (χ3v) is 7.10. The first kappa shape index (κ1) is 18.0. The number of aromatic nitrogens is 2. The van der Waals surface area contributed by atoms with E-state index in [1.165, 1.54) is 17.7 Å². The molecule has 1 spiro atoms. The number of H-pyrrole nitrogens is 1. The molecule has 5 nitrogen and oxygen atoms in total. The van der Waals surface area contributed by atoms with E-state index < -0.39 is 0 Å². The van der Waals surface area contributed by atoms with Gasteiger partial charge < -0.3 is 9.88 Å². The first-order valence-electron chi connectivity index (χ1n) is 9.34. The fourth-order valence-electron chi connectivity index (χ4n) is 4.23. The van der Waals surface area contributed by atoms with Gasteiger partial charge in [-0.15, -0.1) is 11.3 Å². The van der Waals surface area contributed by atoms with Crippen LogP contribution in [-0.2, 0) is 17.8 Å². The summed E-state index contributed by atoms with van der Waals surface area (Å²) < 4.78 is 0.868. The van der Waals surface area contributed by atoms with Crippen LogP contribution >= 0.6 is 22.9 Å². The number of nitrogens with one attached hydrogen (secondary N) is 1. The number of carbonyl (C=O) groups excluding carboxylic acids is 1. The number of piperidine rings is 2. The van der Waals surface area contributed by atoms with Crippen molar-refractivity contribution in [1.82, 2.24) is 19.8 Å². The zero-order valence-electron chi connectivity index (χ0n) is 14.9. The van der Waals surface area contributed by atoms with E-state index in [9.17, 15) is 4.79 Å². The molecule has 26 heavy (non-hydrogen) atoms. The Morgan fingerprint density at radius 2 is 2.12 bits per heavy atom. The molecular formula is C19H25ClN4OS. The molecule has 0 unspecified atom stereocenters. The van der Waals surface area contributed by atoms with E-state index in [2.05, 4.69) is 25.8 Å². The molecule has 4 rings (SSSR count). The standard InChI is InChI=1S/C19H25ClN4OS/c20-17-2-1-16(26-17)12-23-9-6-19(7-10-23)5-3-18(25)24(13-19)8-4-15-11-21-14-22-15/h1-2,11,14H,3-10,12-13H2,(H,21,22). The molecule has 2 aromatic rings. The number of rotatable bonds is 5. The zero-order valence-corrected chi connectivity index (χ0v) is 16.5. The minimum Gasteiger partial charge on any atom is -0.348 e. The van der Waals surface area contributed by atoms with Gasteiger partial charge in [-0.2, -0.15) is 0 Å². The molecule has 2 aliphatic rings. The third-order valence-electron chi connectivity index (χ3n) is 5.88. The molecule has 7 heteroatoms. The van der Waals surface area contributed by atoms with Gasteiger partial charge in [-0.25, -0.2) is 4.98 Å². The Balaban J connectivity index is 1.31. The summed E-state index contributed by atoms with van der Waals surface area (Å²) in [6, 6.07) is 4.12. The van der Waals surface area contributed by atoms with Gasteiger partial charge in [-0.1, -0.05) is 11.6 Å². The Morgan fingerprint density at radius 3 is 2.81 bits per heavy atom. The van der Waals surface area contributed by atoms with E-state index in [-0.39, 0.29) is 0 Å². The molecule has 0 atom stereocenters. The highest BCUT2D eigenvalue weighted by Gasteiger charge is 2.40. The summed E-state index contributed by atoms with van der Waals surface area (Å²) in [5.41, 5.74) is 1.41. The Bertz CT molecular complexity index is 737. The molecule has 2 aromatic heterocycles. The minimum atomic E-state index is 0.311. The summed E-state index contributed by atoms with van der Waals surface area (Å²) in [7, 11) is 0. The summed E-state index contributed by atoms with van der Waals surface area (Å²) in [6.45, 7) is 4.92. The highest BCUT2D eigenvalue weighted by molar-refractivity contribution is 7.16. The lowest BCUT2D eigenvalue weighted by Crippen LogP contribution is -2.51. The van der Waals surface area contributed by atoms with Crippen molar-refractivity contribution < 1.29 is 4.79 Å². The summed E-state index contributed by atoms with van der Waals surface area (Å²) in [5.74, 6) is 0.311. The van der Waals surface area contributed by atoms with Gasteiger partial charge in [0.25, 0.3) is 0 Å². The average molecular weight is 393 g/mol. The lowest BCUT2D eigenvalue weighted by Gasteiger charge is -2.47. The molecule has 0 bridgehead atoms. The topological polar surface area (TPSA) is 52.2 Å². The fourth-order valence-corrected chi connectivity index (χ4v) is 5.36. The van der Waals surface area contributed by atoms with Crippen LogP contribution < -0.4 is 0 Å². The van der Waals surface area contributed by atoms with Crippen LogP contribution in [0.4, 0.5) is 0 Å². The van der Waals surface area contributed by atoms with Gasteiger partial charge in [0.15, 0.2) is 0 Å². The van der Waals surface area contributed by atoms with Crippen LogP contribution in [0.5, 0.6) is 0 Å². The van der Waals surface area contributed by atoms with Crippen LogP contribution in [0.2, 0.25) is 4.34 Å². The number of amides is 1. The molecule has 2 saturated heterocycles. The smallest absolute Gasteiger partial charge is 0.222 e. The molecule has 0 aliphatic carbocycles. The van der Waals surface area contributed by atoms with Gasteiger partial charge in [0.2, 0.25) is 5.91 Å². The van der Waals surface area contributed by atoms with E-state index in [0.29, 0.717) is 17.7 Å². The SMILES string of the molecule is O=C1CCC2(CCN(Cc3ccc(Cl)s3)CC2)CN1CCc1cnc[nH]1. The molecule has 1 N–H and O–H groups in total. The molecule has 0 aromatic carbocycles. The summed E-state index contributed by atoms with van der Waals surface area (Å²) in [5, 5.41) is 0. The second-order valence-electron chi connectivity index (χ2n) is 7.62. The maximum atomic E-state index is 12.4. The van der Waals surface area contributed by atoms with E-state index in [0.717, 1.165) is 55.6 Å². The van der Waals surface area contributed by atoms with Crippen molar-refractivity contribution in [3.63, 3.8) is 0 Å². The normalized spacial score (nSPS) is 20.8. The van der Waals surface area contributed by atoms with Crippen molar-refractivity contribution in [3.8, 4) is 0 Å². The monoisotopic (exact) mass is 392 g/mol. The van der Waals surface area contributed by atoms with Gasteiger partial charge >= 0.3 is 0 Å². The van der Waals surface area contributed by atoms with Crippen LogP contribution in [0.3, 0.4) is 0 Å². The van der Waals surface area contributed by atoms with Gasteiger partial charge in [-0.3, -0.25) is 9.69 Å². The first-order valence-corrected chi connectivity index (χ1v) is 10.5. The predicted molar refractivity (Wildman–Crippen MR) is 104 cm³/mol. The van der Waals surface area contributed by atoms with Crippen molar-refractivity contribution in [1.29, 1.82) is 0 Å². The molecule has 2 aliphatic heterocycles.